The fourth-order valence-electron chi connectivity index (χ4n) is 1.42. The molecule has 0 radical (unpaired) electrons. The Hall–Kier alpha value is -0.820. The van der Waals surface area contributed by atoms with Gasteiger partial charge in [-0.1, -0.05) is 30.3 Å². The minimum atomic E-state index is 0.482. The fraction of sp³-hybridized carbons (Fsp3) is 0.400. The van der Waals surface area contributed by atoms with Crippen LogP contribution >= 0.6 is 0 Å². The first kappa shape index (κ1) is 6.86. The van der Waals surface area contributed by atoms with E-state index in [2.05, 4.69) is 30.3 Å². The minimum Gasteiger partial charge on any atom is -0.327 e. The van der Waals surface area contributed by atoms with Gasteiger partial charge in [-0.25, -0.2) is 0 Å². The van der Waals surface area contributed by atoms with Crippen LogP contribution in [-0.4, -0.2) is 6.04 Å². The molecule has 2 atom stereocenters. The summed E-state index contributed by atoms with van der Waals surface area (Å²) < 4.78 is 0. The van der Waals surface area contributed by atoms with Crippen molar-refractivity contribution in [1.82, 2.24) is 0 Å². The Morgan fingerprint density at radius 1 is 1.27 bits per heavy atom. The smallest absolute Gasteiger partial charge is 0.00742 e. The van der Waals surface area contributed by atoms with Gasteiger partial charge in [0.25, 0.3) is 0 Å². The molecule has 1 saturated carbocycles. The summed E-state index contributed by atoms with van der Waals surface area (Å²) in [5.74, 6) is 0.761. The largest absolute Gasteiger partial charge is 0.327 e. The highest BCUT2D eigenvalue weighted by Gasteiger charge is 2.32. The summed E-state index contributed by atoms with van der Waals surface area (Å²) in [6.07, 6.45) is 2.39. The van der Waals surface area contributed by atoms with E-state index < -0.39 is 0 Å². The monoisotopic (exact) mass is 147 g/mol. The van der Waals surface area contributed by atoms with Gasteiger partial charge in [0.1, 0.15) is 0 Å². The Balaban J connectivity index is 1.97. The number of hydrogen-bond acceptors (Lipinski definition) is 1. The highest BCUT2D eigenvalue weighted by atomic mass is 14.7. The van der Waals surface area contributed by atoms with Gasteiger partial charge in [0.15, 0.2) is 0 Å². The molecule has 11 heavy (non-hydrogen) atoms. The molecule has 1 heteroatoms. The first-order valence-corrected chi connectivity index (χ1v) is 4.16. The molecule has 1 aromatic carbocycles. The third kappa shape index (κ3) is 1.60. The van der Waals surface area contributed by atoms with Crippen LogP contribution in [0.5, 0.6) is 0 Å². The van der Waals surface area contributed by atoms with Crippen LogP contribution in [0.15, 0.2) is 30.3 Å². The van der Waals surface area contributed by atoms with Crippen molar-refractivity contribution in [3.05, 3.63) is 35.9 Å². The molecule has 1 fully saturated rings. The van der Waals surface area contributed by atoms with Crippen LogP contribution < -0.4 is 5.73 Å². The van der Waals surface area contributed by atoms with Crippen LogP contribution in [0.1, 0.15) is 12.0 Å². The van der Waals surface area contributed by atoms with Crippen molar-refractivity contribution in [3.63, 3.8) is 0 Å². The minimum absolute atomic E-state index is 0.482. The normalized spacial score (nSPS) is 28.5. The average molecular weight is 147 g/mol. The molecule has 0 aromatic heterocycles. The average Bonchev–Trinajstić information content (AvgIpc) is 2.69. The van der Waals surface area contributed by atoms with Crippen molar-refractivity contribution in [2.24, 2.45) is 11.7 Å². The van der Waals surface area contributed by atoms with E-state index in [1.807, 2.05) is 0 Å². The summed E-state index contributed by atoms with van der Waals surface area (Å²) in [5.41, 5.74) is 7.14. The van der Waals surface area contributed by atoms with E-state index in [9.17, 15) is 0 Å². The summed E-state index contributed by atoms with van der Waals surface area (Å²) in [5, 5.41) is 0. The highest BCUT2D eigenvalue weighted by Crippen LogP contribution is 2.31. The lowest BCUT2D eigenvalue weighted by Gasteiger charge is -1.96. The second-order valence-corrected chi connectivity index (χ2v) is 3.35. The third-order valence-corrected chi connectivity index (χ3v) is 2.32. The van der Waals surface area contributed by atoms with Gasteiger partial charge in [0.05, 0.1) is 0 Å². The van der Waals surface area contributed by atoms with Gasteiger partial charge in [-0.15, -0.1) is 0 Å². The van der Waals surface area contributed by atoms with E-state index >= 15 is 0 Å². The van der Waals surface area contributed by atoms with Crippen LogP contribution in [0.25, 0.3) is 0 Å². The van der Waals surface area contributed by atoms with E-state index in [1.165, 1.54) is 18.4 Å². The van der Waals surface area contributed by atoms with Gasteiger partial charge in [-0.2, -0.15) is 0 Å². The van der Waals surface area contributed by atoms with Gasteiger partial charge < -0.3 is 5.73 Å². The maximum Gasteiger partial charge on any atom is 0.00742 e. The molecular weight excluding hydrogens is 134 g/mol. The zero-order chi connectivity index (χ0) is 7.68. The van der Waals surface area contributed by atoms with Gasteiger partial charge >= 0.3 is 0 Å². The van der Waals surface area contributed by atoms with Gasteiger partial charge in [-0.05, 0) is 24.3 Å². The van der Waals surface area contributed by atoms with E-state index in [0.29, 0.717) is 6.04 Å². The standard InChI is InChI=1S/C10H13N/c11-10-7-9(10)6-8-4-2-1-3-5-8/h1-5,9-10H,6-7,11H2/t9?,10-/m1/s1. The van der Waals surface area contributed by atoms with Crippen LogP contribution in [0, 0.1) is 5.92 Å². The zero-order valence-corrected chi connectivity index (χ0v) is 6.53. The third-order valence-electron chi connectivity index (χ3n) is 2.32. The lowest BCUT2D eigenvalue weighted by atomic mass is 10.1. The first-order valence-electron chi connectivity index (χ1n) is 4.16. The zero-order valence-electron chi connectivity index (χ0n) is 6.53. The summed E-state index contributed by atoms with van der Waals surface area (Å²) in [4.78, 5) is 0. The van der Waals surface area contributed by atoms with Crippen molar-refractivity contribution >= 4 is 0 Å². The van der Waals surface area contributed by atoms with E-state index in [-0.39, 0.29) is 0 Å². The second kappa shape index (κ2) is 2.67. The highest BCUT2D eigenvalue weighted by molar-refractivity contribution is 5.17. The lowest BCUT2D eigenvalue weighted by molar-refractivity contribution is 0.786. The SMILES string of the molecule is N[C@@H]1CC1Cc1ccccc1. The van der Waals surface area contributed by atoms with Crippen molar-refractivity contribution < 1.29 is 0 Å². The number of rotatable bonds is 2. The fourth-order valence-corrected chi connectivity index (χ4v) is 1.42. The molecule has 0 spiro atoms. The van der Waals surface area contributed by atoms with Crippen molar-refractivity contribution in [3.8, 4) is 0 Å². The van der Waals surface area contributed by atoms with Crippen molar-refractivity contribution in [2.75, 3.05) is 0 Å². The number of nitrogens with two attached hydrogens (primary N) is 1. The maximum atomic E-state index is 5.71. The van der Waals surface area contributed by atoms with E-state index in [0.717, 1.165) is 5.92 Å². The molecule has 0 saturated heterocycles. The summed E-state index contributed by atoms with van der Waals surface area (Å²) in [6.45, 7) is 0. The molecule has 0 heterocycles. The molecule has 0 amide bonds. The molecule has 1 aromatic rings. The predicted molar refractivity (Wildman–Crippen MR) is 46.2 cm³/mol. The van der Waals surface area contributed by atoms with Gasteiger partial charge in [0.2, 0.25) is 0 Å². The Bertz CT molecular complexity index is 230. The Morgan fingerprint density at radius 3 is 2.45 bits per heavy atom. The molecule has 2 N–H and O–H groups in total. The maximum absolute atomic E-state index is 5.71. The van der Waals surface area contributed by atoms with Crippen LogP contribution in [0.4, 0.5) is 0 Å². The van der Waals surface area contributed by atoms with Crippen LogP contribution in [0.3, 0.4) is 0 Å². The van der Waals surface area contributed by atoms with E-state index in [1.54, 1.807) is 0 Å². The molecule has 1 aliphatic rings. The summed E-state index contributed by atoms with van der Waals surface area (Å²) in [6, 6.07) is 11.1. The quantitative estimate of drug-likeness (QED) is 0.675. The Labute approximate surface area is 67.2 Å². The van der Waals surface area contributed by atoms with Crippen molar-refractivity contribution in [1.29, 1.82) is 0 Å². The Kier molecular flexibility index (Phi) is 1.66. The molecule has 0 bridgehead atoms. The van der Waals surface area contributed by atoms with Gasteiger partial charge in [-0.3, -0.25) is 0 Å². The second-order valence-electron chi connectivity index (χ2n) is 3.35. The molecular formula is C10H13N. The van der Waals surface area contributed by atoms with Crippen molar-refractivity contribution in [2.45, 2.75) is 18.9 Å². The Morgan fingerprint density at radius 2 is 1.91 bits per heavy atom. The van der Waals surface area contributed by atoms with Crippen LogP contribution in [-0.2, 0) is 6.42 Å². The van der Waals surface area contributed by atoms with Crippen LogP contribution in [0.2, 0.25) is 0 Å². The predicted octanol–water partition coefficient (Wildman–Crippen LogP) is 1.58. The molecule has 1 nitrogen and oxygen atoms in total. The summed E-state index contributed by atoms with van der Waals surface area (Å²) >= 11 is 0. The molecule has 1 unspecified atom stereocenters. The summed E-state index contributed by atoms with van der Waals surface area (Å²) in [7, 11) is 0. The first-order chi connectivity index (χ1) is 5.36. The van der Waals surface area contributed by atoms with E-state index in [4.69, 9.17) is 5.73 Å². The topological polar surface area (TPSA) is 26.0 Å². The molecule has 1 aliphatic carbocycles. The van der Waals surface area contributed by atoms with Gasteiger partial charge in [0, 0.05) is 6.04 Å². The molecule has 2 rings (SSSR count). The molecule has 0 aliphatic heterocycles. The number of hydrogen-bond donors (Lipinski definition) is 1. The molecule has 58 valence electrons. The lowest BCUT2D eigenvalue weighted by Crippen LogP contribution is -2.03. The number of benzene rings is 1.